The molecule has 0 saturated carbocycles. The van der Waals surface area contributed by atoms with Crippen LogP contribution in [0.1, 0.15) is 25.7 Å². The number of nitriles is 1. The molecule has 2 rings (SSSR count). The Morgan fingerprint density at radius 2 is 1.23 bits per heavy atom. The summed E-state index contributed by atoms with van der Waals surface area (Å²) in [5, 5.41) is 9.11. The standard InChI is InChI=1S/C9H16BN3/c11-9-10(12-5-1-2-6-12)13-7-3-4-8-13/h1-8H2. The summed E-state index contributed by atoms with van der Waals surface area (Å²) in [4.78, 5) is 4.65. The second kappa shape index (κ2) is 4.12. The Kier molecular flexibility index (Phi) is 2.87. The van der Waals surface area contributed by atoms with Gasteiger partial charge in [-0.25, -0.2) is 5.26 Å². The summed E-state index contributed by atoms with van der Waals surface area (Å²) >= 11 is 0. The third-order valence-electron chi connectivity index (χ3n) is 3.09. The monoisotopic (exact) mass is 177 g/mol. The molecule has 2 fully saturated rings. The van der Waals surface area contributed by atoms with E-state index < -0.39 is 0 Å². The van der Waals surface area contributed by atoms with Gasteiger partial charge in [-0.05, 0) is 51.9 Å². The highest BCUT2D eigenvalue weighted by molar-refractivity contribution is 6.61. The summed E-state index contributed by atoms with van der Waals surface area (Å²) in [5.74, 6) is 2.44. The molecule has 0 aromatic heterocycles. The van der Waals surface area contributed by atoms with Crippen LogP contribution in [-0.2, 0) is 0 Å². The average Bonchev–Trinajstić information content (AvgIpc) is 2.76. The van der Waals surface area contributed by atoms with Crippen molar-refractivity contribution in [2.45, 2.75) is 25.7 Å². The van der Waals surface area contributed by atoms with Crippen LogP contribution in [0.15, 0.2) is 0 Å². The topological polar surface area (TPSA) is 30.3 Å². The summed E-state index contributed by atoms with van der Waals surface area (Å²) in [6.45, 7) is 4.55. The maximum Gasteiger partial charge on any atom is 0.433 e. The Labute approximate surface area is 80.4 Å². The molecule has 0 radical (unpaired) electrons. The molecule has 3 nitrogen and oxygen atoms in total. The quantitative estimate of drug-likeness (QED) is 0.582. The maximum atomic E-state index is 9.11. The summed E-state index contributed by atoms with van der Waals surface area (Å²) in [7, 11) is 0. The fourth-order valence-electron chi connectivity index (χ4n) is 2.37. The zero-order valence-corrected chi connectivity index (χ0v) is 8.08. The molecule has 2 aliphatic heterocycles. The van der Waals surface area contributed by atoms with Gasteiger partial charge in [0.05, 0.1) is 0 Å². The van der Waals surface area contributed by atoms with Gasteiger partial charge in [-0.3, -0.25) is 0 Å². The van der Waals surface area contributed by atoms with Crippen molar-refractivity contribution in [2.75, 3.05) is 26.2 Å². The van der Waals surface area contributed by atoms with Crippen LogP contribution in [0, 0.1) is 11.2 Å². The highest BCUT2D eigenvalue weighted by Gasteiger charge is 2.34. The molecule has 0 aromatic carbocycles. The third-order valence-corrected chi connectivity index (χ3v) is 3.09. The summed E-state index contributed by atoms with van der Waals surface area (Å²) in [5.41, 5.74) is 0. The van der Waals surface area contributed by atoms with Crippen molar-refractivity contribution in [3.05, 3.63) is 0 Å². The number of hydrogen-bond donors (Lipinski definition) is 0. The van der Waals surface area contributed by atoms with Gasteiger partial charge in [-0.15, -0.1) is 0 Å². The minimum atomic E-state index is 0.0741. The van der Waals surface area contributed by atoms with Crippen LogP contribution < -0.4 is 0 Å². The van der Waals surface area contributed by atoms with E-state index in [2.05, 4.69) is 15.6 Å². The minimum absolute atomic E-state index is 0.0741. The largest absolute Gasteiger partial charge is 0.433 e. The predicted molar refractivity (Wildman–Crippen MR) is 53.0 cm³/mol. The normalized spacial score (nSPS) is 24.8. The molecule has 70 valence electrons. The second-order valence-electron chi connectivity index (χ2n) is 3.99. The van der Waals surface area contributed by atoms with Crippen molar-refractivity contribution in [1.29, 1.82) is 5.26 Å². The maximum absolute atomic E-state index is 9.11. The predicted octanol–water partition coefficient (Wildman–Crippen LogP) is 0.729. The average molecular weight is 177 g/mol. The molecular formula is C9H16BN3. The molecule has 0 unspecified atom stereocenters. The van der Waals surface area contributed by atoms with Crippen molar-refractivity contribution < 1.29 is 0 Å². The molecule has 13 heavy (non-hydrogen) atoms. The summed E-state index contributed by atoms with van der Waals surface area (Å²) in [6.07, 6.45) is 5.08. The highest BCUT2D eigenvalue weighted by Crippen LogP contribution is 2.16. The fraction of sp³-hybridized carbons (Fsp3) is 0.889. The Morgan fingerprint density at radius 3 is 1.54 bits per heavy atom. The molecular weight excluding hydrogens is 161 g/mol. The van der Waals surface area contributed by atoms with Crippen LogP contribution in [0.5, 0.6) is 0 Å². The fourth-order valence-corrected chi connectivity index (χ4v) is 2.37. The van der Waals surface area contributed by atoms with Gasteiger partial charge in [0.1, 0.15) is 0 Å². The number of rotatable bonds is 2. The van der Waals surface area contributed by atoms with Crippen molar-refractivity contribution in [3.63, 3.8) is 0 Å². The highest BCUT2D eigenvalue weighted by atomic mass is 15.2. The minimum Gasteiger partial charge on any atom is -0.315 e. The van der Waals surface area contributed by atoms with Gasteiger partial charge in [0.2, 0.25) is 0 Å². The first kappa shape index (κ1) is 9.05. The molecule has 0 atom stereocenters. The zero-order chi connectivity index (χ0) is 9.10. The van der Waals surface area contributed by atoms with Gasteiger partial charge in [0.15, 0.2) is 0 Å². The number of nitrogens with zero attached hydrogens (tertiary/aromatic N) is 3. The lowest BCUT2D eigenvalue weighted by Gasteiger charge is -2.25. The Balaban J connectivity index is 1.95. The lowest BCUT2D eigenvalue weighted by molar-refractivity contribution is 0.436. The summed E-state index contributed by atoms with van der Waals surface area (Å²) in [6, 6.07) is 0. The zero-order valence-electron chi connectivity index (χ0n) is 8.08. The number of hydrogen-bond acceptors (Lipinski definition) is 3. The van der Waals surface area contributed by atoms with E-state index in [0.29, 0.717) is 0 Å². The van der Waals surface area contributed by atoms with E-state index in [1.165, 1.54) is 25.7 Å². The molecule has 0 aliphatic carbocycles. The van der Waals surface area contributed by atoms with E-state index in [1.807, 2.05) is 0 Å². The van der Waals surface area contributed by atoms with E-state index in [0.717, 1.165) is 26.2 Å². The van der Waals surface area contributed by atoms with Crippen molar-refractivity contribution in [3.8, 4) is 5.97 Å². The van der Waals surface area contributed by atoms with Crippen LogP contribution in [-0.4, -0.2) is 42.8 Å². The summed E-state index contributed by atoms with van der Waals surface area (Å²) < 4.78 is 0. The molecule has 0 amide bonds. The molecule has 4 heteroatoms. The second-order valence-corrected chi connectivity index (χ2v) is 3.99. The van der Waals surface area contributed by atoms with Crippen molar-refractivity contribution in [1.82, 2.24) is 9.62 Å². The van der Waals surface area contributed by atoms with Crippen LogP contribution >= 0.6 is 0 Å². The first-order chi connectivity index (χ1) is 6.42. The first-order valence-corrected chi connectivity index (χ1v) is 5.29. The first-order valence-electron chi connectivity index (χ1n) is 5.29. The van der Waals surface area contributed by atoms with Crippen molar-refractivity contribution in [2.24, 2.45) is 0 Å². The van der Waals surface area contributed by atoms with Crippen LogP contribution in [0.2, 0.25) is 0 Å². The smallest absolute Gasteiger partial charge is 0.315 e. The molecule has 2 saturated heterocycles. The van der Waals surface area contributed by atoms with Gasteiger partial charge in [0.25, 0.3) is 0 Å². The molecule has 0 bridgehead atoms. The lowest BCUT2D eigenvalue weighted by Crippen LogP contribution is -2.49. The van der Waals surface area contributed by atoms with Crippen molar-refractivity contribution >= 4 is 6.98 Å². The van der Waals surface area contributed by atoms with E-state index in [1.54, 1.807) is 0 Å². The Hall–Kier alpha value is -0.525. The molecule has 2 heterocycles. The SMILES string of the molecule is N#CB(N1CCCC1)N1CCCC1. The van der Waals surface area contributed by atoms with Crippen LogP contribution in [0.3, 0.4) is 0 Å². The molecule has 0 spiro atoms. The van der Waals surface area contributed by atoms with E-state index in [-0.39, 0.29) is 6.98 Å². The van der Waals surface area contributed by atoms with Gasteiger partial charge in [-0.2, -0.15) is 0 Å². The third kappa shape index (κ3) is 1.87. The molecule has 0 N–H and O–H groups in total. The van der Waals surface area contributed by atoms with Gasteiger partial charge < -0.3 is 9.62 Å². The van der Waals surface area contributed by atoms with E-state index >= 15 is 0 Å². The molecule has 2 aliphatic rings. The van der Waals surface area contributed by atoms with Crippen LogP contribution in [0.25, 0.3) is 0 Å². The Bertz CT molecular complexity index is 185. The van der Waals surface area contributed by atoms with E-state index in [9.17, 15) is 0 Å². The van der Waals surface area contributed by atoms with Crippen LogP contribution in [0.4, 0.5) is 0 Å². The van der Waals surface area contributed by atoms with Gasteiger partial charge >= 0.3 is 6.98 Å². The Morgan fingerprint density at radius 1 is 0.846 bits per heavy atom. The molecule has 0 aromatic rings. The lowest BCUT2D eigenvalue weighted by atomic mass is 9.74. The van der Waals surface area contributed by atoms with Gasteiger partial charge in [-0.1, -0.05) is 0 Å². The van der Waals surface area contributed by atoms with Gasteiger partial charge in [0, 0.05) is 5.97 Å². The van der Waals surface area contributed by atoms with E-state index in [4.69, 9.17) is 5.26 Å².